The van der Waals surface area contributed by atoms with Gasteiger partial charge in [-0.3, -0.25) is 4.79 Å². The molecule has 2 amide bonds. The third-order valence-corrected chi connectivity index (χ3v) is 2.40. The van der Waals surface area contributed by atoms with Crippen LogP contribution in [-0.2, 0) is 9.59 Å². The Morgan fingerprint density at radius 1 is 1.11 bits per heavy atom. The van der Waals surface area contributed by atoms with E-state index >= 15 is 0 Å². The molecule has 8 heteroatoms. The molecule has 0 radical (unpaired) electrons. The molecular weight excluding hydrogens is 254 g/mol. The van der Waals surface area contributed by atoms with Crippen molar-refractivity contribution >= 4 is 18.0 Å². The molecule has 0 aromatic heterocycles. The van der Waals surface area contributed by atoms with E-state index in [1.165, 1.54) is 0 Å². The van der Waals surface area contributed by atoms with E-state index in [4.69, 9.17) is 15.9 Å². The van der Waals surface area contributed by atoms with Crippen molar-refractivity contribution in [3.8, 4) is 0 Å². The van der Waals surface area contributed by atoms with Crippen LogP contribution in [0, 0.1) is 0 Å². The summed E-state index contributed by atoms with van der Waals surface area (Å²) in [6.45, 7) is 0.668. The first-order valence-corrected chi connectivity index (χ1v) is 6.16. The lowest BCUT2D eigenvalue weighted by Crippen LogP contribution is -2.46. The van der Waals surface area contributed by atoms with Crippen LogP contribution in [0.25, 0.3) is 0 Å². The maximum absolute atomic E-state index is 11.4. The Morgan fingerprint density at radius 3 is 2.32 bits per heavy atom. The minimum atomic E-state index is -1.10. The SMILES string of the molecule is NCCCCC(NC(=O)NCCCC(=O)O)C(=O)O. The molecule has 0 saturated carbocycles. The number of carbonyl (C=O) groups is 3. The number of hydrogen-bond acceptors (Lipinski definition) is 4. The Labute approximate surface area is 111 Å². The molecule has 0 aromatic rings. The second-order valence-corrected chi connectivity index (χ2v) is 4.07. The van der Waals surface area contributed by atoms with Gasteiger partial charge in [-0.15, -0.1) is 0 Å². The van der Waals surface area contributed by atoms with Gasteiger partial charge in [-0.2, -0.15) is 0 Å². The smallest absolute Gasteiger partial charge is 0.326 e. The second kappa shape index (κ2) is 10.1. The van der Waals surface area contributed by atoms with Crippen molar-refractivity contribution in [3.05, 3.63) is 0 Å². The van der Waals surface area contributed by atoms with Crippen molar-refractivity contribution in [2.24, 2.45) is 5.73 Å². The minimum absolute atomic E-state index is 0.0425. The summed E-state index contributed by atoms with van der Waals surface area (Å²) in [6, 6.07) is -1.56. The number of aliphatic carboxylic acids is 2. The van der Waals surface area contributed by atoms with E-state index < -0.39 is 24.0 Å². The highest BCUT2D eigenvalue weighted by molar-refractivity contribution is 5.82. The number of nitrogens with two attached hydrogens (primary N) is 1. The molecule has 0 fully saturated rings. The molecule has 0 aliphatic carbocycles. The average Bonchev–Trinajstić information content (AvgIpc) is 2.33. The quantitative estimate of drug-likeness (QED) is 0.347. The summed E-state index contributed by atoms with van der Waals surface area (Å²) in [6.07, 6.45) is 1.89. The highest BCUT2D eigenvalue weighted by Gasteiger charge is 2.18. The molecule has 0 rings (SSSR count). The van der Waals surface area contributed by atoms with Gasteiger partial charge < -0.3 is 26.6 Å². The standard InChI is InChI=1S/C11H21N3O5/c12-6-2-1-4-8(10(17)18)14-11(19)13-7-3-5-9(15)16/h8H,1-7,12H2,(H,15,16)(H,17,18)(H2,13,14,19). The summed E-state index contributed by atoms with van der Waals surface area (Å²) in [5.41, 5.74) is 5.30. The predicted octanol–water partition coefficient (Wildman–Crippen LogP) is -0.267. The number of nitrogens with one attached hydrogen (secondary N) is 2. The molecule has 0 bridgehead atoms. The Morgan fingerprint density at radius 2 is 1.79 bits per heavy atom. The van der Waals surface area contributed by atoms with Crippen LogP contribution < -0.4 is 16.4 Å². The molecule has 1 unspecified atom stereocenters. The van der Waals surface area contributed by atoms with E-state index in [1.54, 1.807) is 0 Å². The molecule has 8 nitrogen and oxygen atoms in total. The van der Waals surface area contributed by atoms with Gasteiger partial charge in [0.2, 0.25) is 0 Å². The normalized spacial score (nSPS) is 11.6. The van der Waals surface area contributed by atoms with Crippen LogP contribution in [0.5, 0.6) is 0 Å². The lowest BCUT2D eigenvalue weighted by molar-refractivity contribution is -0.139. The summed E-state index contributed by atoms with van der Waals surface area (Å²) in [5.74, 6) is -2.04. The number of unbranched alkanes of at least 4 members (excludes halogenated alkanes) is 1. The van der Waals surface area contributed by atoms with Crippen LogP contribution >= 0.6 is 0 Å². The van der Waals surface area contributed by atoms with Crippen LogP contribution in [0.3, 0.4) is 0 Å². The lowest BCUT2D eigenvalue weighted by Gasteiger charge is -2.14. The summed E-state index contributed by atoms with van der Waals surface area (Å²) >= 11 is 0. The predicted molar refractivity (Wildman–Crippen MR) is 67.7 cm³/mol. The van der Waals surface area contributed by atoms with Gasteiger partial charge in [-0.05, 0) is 32.2 Å². The molecular formula is C11H21N3O5. The number of rotatable bonds is 10. The summed E-state index contributed by atoms with van der Waals surface area (Å²) in [5, 5.41) is 22.1. The van der Waals surface area contributed by atoms with Crippen LogP contribution in [0.2, 0.25) is 0 Å². The van der Waals surface area contributed by atoms with Crippen LogP contribution in [0.15, 0.2) is 0 Å². The largest absolute Gasteiger partial charge is 0.481 e. The van der Waals surface area contributed by atoms with Crippen LogP contribution in [-0.4, -0.2) is 47.3 Å². The van der Waals surface area contributed by atoms with Crippen molar-refractivity contribution in [2.45, 2.75) is 38.1 Å². The Balaban J connectivity index is 3.89. The Hall–Kier alpha value is -1.83. The van der Waals surface area contributed by atoms with Crippen molar-refractivity contribution in [2.75, 3.05) is 13.1 Å². The number of carboxylic acids is 2. The number of urea groups is 1. The van der Waals surface area contributed by atoms with E-state index in [-0.39, 0.29) is 13.0 Å². The molecule has 0 aliphatic rings. The molecule has 0 spiro atoms. The number of hydrogen-bond donors (Lipinski definition) is 5. The van der Waals surface area contributed by atoms with Crippen molar-refractivity contribution < 1.29 is 24.6 Å². The summed E-state index contributed by atoms with van der Waals surface area (Å²) in [4.78, 5) is 32.5. The van der Waals surface area contributed by atoms with Crippen LogP contribution in [0.1, 0.15) is 32.1 Å². The van der Waals surface area contributed by atoms with Crippen molar-refractivity contribution in [1.29, 1.82) is 0 Å². The zero-order valence-corrected chi connectivity index (χ0v) is 10.7. The molecule has 6 N–H and O–H groups in total. The van der Waals surface area contributed by atoms with Gasteiger partial charge in [0.1, 0.15) is 6.04 Å². The first-order chi connectivity index (χ1) is 8.97. The molecule has 0 heterocycles. The molecule has 0 saturated heterocycles. The highest BCUT2D eigenvalue weighted by atomic mass is 16.4. The van der Waals surface area contributed by atoms with Gasteiger partial charge in [0.15, 0.2) is 0 Å². The Kier molecular flexibility index (Phi) is 9.15. The number of carboxylic acid groups (broad SMARTS) is 2. The fourth-order valence-electron chi connectivity index (χ4n) is 1.40. The third kappa shape index (κ3) is 9.83. The van der Waals surface area contributed by atoms with E-state index in [0.29, 0.717) is 32.2 Å². The zero-order valence-electron chi connectivity index (χ0n) is 10.7. The van der Waals surface area contributed by atoms with E-state index in [9.17, 15) is 14.4 Å². The fraction of sp³-hybridized carbons (Fsp3) is 0.727. The topological polar surface area (TPSA) is 142 Å². The van der Waals surface area contributed by atoms with Gasteiger partial charge >= 0.3 is 18.0 Å². The molecule has 19 heavy (non-hydrogen) atoms. The van der Waals surface area contributed by atoms with Gasteiger partial charge in [-0.25, -0.2) is 9.59 Å². The molecule has 0 aliphatic heterocycles. The summed E-state index contributed by atoms with van der Waals surface area (Å²) < 4.78 is 0. The van der Waals surface area contributed by atoms with E-state index in [1.807, 2.05) is 0 Å². The highest BCUT2D eigenvalue weighted by Crippen LogP contribution is 2.00. The summed E-state index contributed by atoms with van der Waals surface area (Å²) in [7, 11) is 0. The van der Waals surface area contributed by atoms with E-state index in [0.717, 1.165) is 0 Å². The van der Waals surface area contributed by atoms with Gasteiger partial charge in [0.25, 0.3) is 0 Å². The number of carbonyl (C=O) groups excluding carboxylic acids is 1. The third-order valence-electron chi connectivity index (χ3n) is 2.40. The lowest BCUT2D eigenvalue weighted by atomic mass is 10.1. The monoisotopic (exact) mass is 275 g/mol. The molecule has 1 atom stereocenters. The number of amides is 2. The average molecular weight is 275 g/mol. The van der Waals surface area contributed by atoms with Gasteiger partial charge in [0.05, 0.1) is 0 Å². The first kappa shape index (κ1) is 17.2. The van der Waals surface area contributed by atoms with Crippen molar-refractivity contribution in [1.82, 2.24) is 10.6 Å². The fourth-order valence-corrected chi connectivity index (χ4v) is 1.40. The minimum Gasteiger partial charge on any atom is -0.481 e. The molecule has 110 valence electrons. The zero-order chi connectivity index (χ0) is 14.7. The maximum Gasteiger partial charge on any atom is 0.326 e. The van der Waals surface area contributed by atoms with Crippen LogP contribution in [0.4, 0.5) is 4.79 Å². The second-order valence-electron chi connectivity index (χ2n) is 4.07. The van der Waals surface area contributed by atoms with Crippen molar-refractivity contribution in [3.63, 3.8) is 0 Å². The first-order valence-electron chi connectivity index (χ1n) is 6.16. The van der Waals surface area contributed by atoms with Gasteiger partial charge in [0, 0.05) is 13.0 Å². The maximum atomic E-state index is 11.4. The molecule has 0 aromatic carbocycles. The van der Waals surface area contributed by atoms with E-state index in [2.05, 4.69) is 10.6 Å². The Bertz CT molecular complexity index is 309. The van der Waals surface area contributed by atoms with Gasteiger partial charge in [-0.1, -0.05) is 0 Å².